The van der Waals surface area contributed by atoms with Crippen LogP contribution < -0.4 is 4.74 Å². The maximum Gasteiger partial charge on any atom is 0.218 e. The molecule has 0 amide bonds. The molecular weight excluding hydrogens is 376 g/mol. The van der Waals surface area contributed by atoms with Crippen LogP contribution in [0.1, 0.15) is 16.7 Å². The Balaban J connectivity index is 1.55. The number of benzene rings is 1. The van der Waals surface area contributed by atoms with Crippen molar-refractivity contribution in [2.24, 2.45) is 0 Å². The highest BCUT2D eigenvalue weighted by Gasteiger charge is 2.16. The fourth-order valence-corrected chi connectivity index (χ4v) is 3.91. The third-order valence-corrected chi connectivity index (χ3v) is 5.56. The maximum atomic E-state index is 5.66. The lowest BCUT2D eigenvalue weighted by molar-refractivity contribution is 0.0324. The van der Waals surface area contributed by atoms with Crippen molar-refractivity contribution in [2.75, 3.05) is 46.5 Å². The molecule has 3 heterocycles. The summed E-state index contributed by atoms with van der Waals surface area (Å²) in [5.41, 5.74) is 4.50. The van der Waals surface area contributed by atoms with Crippen LogP contribution in [-0.4, -0.2) is 66.3 Å². The van der Waals surface area contributed by atoms with Crippen molar-refractivity contribution < 1.29 is 9.47 Å². The van der Waals surface area contributed by atoms with Gasteiger partial charge in [-0.3, -0.25) is 14.8 Å². The maximum absolute atomic E-state index is 5.66. The number of morpholine rings is 1. The highest BCUT2D eigenvalue weighted by Crippen LogP contribution is 2.25. The monoisotopic (exact) mass is 406 g/mol. The lowest BCUT2D eigenvalue weighted by atomic mass is 10.1. The van der Waals surface area contributed by atoms with E-state index in [-0.39, 0.29) is 0 Å². The van der Waals surface area contributed by atoms with Crippen LogP contribution in [0.3, 0.4) is 0 Å². The Morgan fingerprint density at radius 1 is 1.13 bits per heavy atom. The summed E-state index contributed by atoms with van der Waals surface area (Å²) in [7, 11) is 1.70. The molecule has 0 aliphatic carbocycles. The zero-order chi connectivity index (χ0) is 20.8. The lowest BCUT2D eigenvalue weighted by Gasteiger charge is -2.30. The summed E-state index contributed by atoms with van der Waals surface area (Å²) in [5.74, 6) is 0.704. The average Bonchev–Trinajstić information content (AvgIpc) is 2.78. The van der Waals surface area contributed by atoms with Crippen LogP contribution in [0.5, 0.6) is 5.88 Å². The third-order valence-electron chi connectivity index (χ3n) is 5.56. The normalized spacial score (nSPS) is 15.0. The number of rotatable bonds is 8. The van der Waals surface area contributed by atoms with E-state index in [4.69, 9.17) is 14.5 Å². The number of fused-ring (bicyclic) bond motifs is 1. The minimum Gasteiger partial charge on any atom is -0.481 e. The molecule has 6 nitrogen and oxygen atoms in total. The molecule has 0 spiro atoms. The highest BCUT2D eigenvalue weighted by atomic mass is 16.5. The molecule has 30 heavy (non-hydrogen) atoms. The van der Waals surface area contributed by atoms with Gasteiger partial charge in [-0.25, -0.2) is 4.98 Å². The van der Waals surface area contributed by atoms with Gasteiger partial charge in [0.25, 0.3) is 0 Å². The molecular formula is C24H30N4O2. The summed E-state index contributed by atoms with van der Waals surface area (Å²) in [5, 5.41) is 1.14. The van der Waals surface area contributed by atoms with Gasteiger partial charge in [-0.05, 0) is 36.2 Å². The molecule has 3 aromatic rings. The second-order valence-corrected chi connectivity index (χ2v) is 7.88. The number of aromatic nitrogens is 2. The van der Waals surface area contributed by atoms with Crippen LogP contribution in [0.25, 0.3) is 10.9 Å². The topological polar surface area (TPSA) is 50.7 Å². The Bertz CT molecular complexity index is 958. The quantitative estimate of drug-likeness (QED) is 0.572. The largest absolute Gasteiger partial charge is 0.481 e. The molecule has 1 saturated heterocycles. The van der Waals surface area contributed by atoms with Crippen LogP contribution in [-0.2, 0) is 17.8 Å². The van der Waals surface area contributed by atoms with E-state index < -0.39 is 0 Å². The fraction of sp³-hybridized carbons (Fsp3) is 0.417. The predicted octanol–water partition coefficient (Wildman–Crippen LogP) is 3.28. The van der Waals surface area contributed by atoms with Gasteiger partial charge in [0.15, 0.2) is 0 Å². The SMILES string of the molecule is COc1nc2cc(C)ccc2cc1CN(CCN1CCOCC1)Cc1cccnc1. The average molecular weight is 407 g/mol. The molecule has 0 N–H and O–H groups in total. The van der Waals surface area contributed by atoms with Crippen molar-refractivity contribution in [1.82, 2.24) is 19.8 Å². The molecule has 2 aromatic heterocycles. The molecule has 4 rings (SSSR count). The Morgan fingerprint density at radius 2 is 2.00 bits per heavy atom. The van der Waals surface area contributed by atoms with Crippen LogP contribution in [0.4, 0.5) is 0 Å². The molecule has 1 fully saturated rings. The van der Waals surface area contributed by atoms with Crippen LogP contribution in [0.15, 0.2) is 48.8 Å². The zero-order valence-electron chi connectivity index (χ0n) is 17.9. The smallest absolute Gasteiger partial charge is 0.218 e. The molecule has 0 atom stereocenters. The third kappa shape index (κ3) is 5.33. The van der Waals surface area contributed by atoms with E-state index in [2.05, 4.69) is 52.0 Å². The van der Waals surface area contributed by atoms with Gasteiger partial charge in [0, 0.05) is 62.6 Å². The summed E-state index contributed by atoms with van der Waals surface area (Å²) >= 11 is 0. The second kappa shape index (κ2) is 9.98. The Labute approximate surface area is 178 Å². The van der Waals surface area contributed by atoms with Crippen molar-refractivity contribution in [1.29, 1.82) is 0 Å². The first-order chi connectivity index (χ1) is 14.7. The van der Waals surface area contributed by atoms with E-state index in [0.717, 1.165) is 68.9 Å². The van der Waals surface area contributed by atoms with Crippen molar-refractivity contribution >= 4 is 10.9 Å². The number of nitrogens with zero attached hydrogens (tertiary/aromatic N) is 4. The van der Waals surface area contributed by atoms with E-state index in [1.807, 2.05) is 18.5 Å². The van der Waals surface area contributed by atoms with E-state index in [1.165, 1.54) is 11.1 Å². The van der Waals surface area contributed by atoms with E-state index in [9.17, 15) is 0 Å². The van der Waals surface area contributed by atoms with E-state index in [1.54, 1.807) is 7.11 Å². The lowest BCUT2D eigenvalue weighted by Crippen LogP contribution is -2.41. The van der Waals surface area contributed by atoms with Gasteiger partial charge < -0.3 is 9.47 Å². The number of ether oxygens (including phenoxy) is 2. The summed E-state index contributed by atoms with van der Waals surface area (Å²) in [6.07, 6.45) is 3.76. The Hall–Kier alpha value is -2.54. The fourth-order valence-electron chi connectivity index (χ4n) is 3.91. The molecule has 158 valence electrons. The van der Waals surface area contributed by atoms with Gasteiger partial charge in [-0.15, -0.1) is 0 Å². The molecule has 1 aromatic carbocycles. The van der Waals surface area contributed by atoms with Gasteiger partial charge in [-0.1, -0.05) is 18.2 Å². The van der Waals surface area contributed by atoms with Gasteiger partial charge in [0.05, 0.1) is 25.8 Å². The summed E-state index contributed by atoms with van der Waals surface area (Å²) in [6.45, 7) is 9.34. The first kappa shape index (κ1) is 20.7. The van der Waals surface area contributed by atoms with Crippen LogP contribution in [0.2, 0.25) is 0 Å². The Morgan fingerprint density at radius 3 is 2.77 bits per heavy atom. The molecule has 0 saturated carbocycles. The summed E-state index contributed by atoms with van der Waals surface area (Å²) < 4.78 is 11.2. The Kier molecular flexibility index (Phi) is 6.89. The van der Waals surface area contributed by atoms with Crippen molar-refractivity contribution in [3.8, 4) is 5.88 Å². The van der Waals surface area contributed by atoms with Crippen molar-refractivity contribution in [3.05, 3.63) is 65.5 Å². The van der Waals surface area contributed by atoms with E-state index >= 15 is 0 Å². The minimum atomic E-state index is 0.704. The van der Waals surface area contributed by atoms with Gasteiger partial charge >= 0.3 is 0 Å². The number of methoxy groups -OCH3 is 1. The molecule has 0 radical (unpaired) electrons. The summed E-state index contributed by atoms with van der Waals surface area (Å²) in [4.78, 5) is 14.0. The van der Waals surface area contributed by atoms with Gasteiger partial charge in [0.1, 0.15) is 0 Å². The standard InChI is InChI=1S/C24H30N4O2/c1-19-5-6-21-15-22(24(29-2)26-23(21)14-19)18-28(17-20-4-3-7-25-16-20)9-8-27-10-12-30-13-11-27/h3-7,14-16H,8-13,17-18H2,1-2H3. The summed E-state index contributed by atoms with van der Waals surface area (Å²) in [6, 6.07) is 12.7. The number of pyridine rings is 2. The van der Waals surface area contributed by atoms with Crippen LogP contribution >= 0.6 is 0 Å². The van der Waals surface area contributed by atoms with Crippen LogP contribution in [0, 0.1) is 6.92 Å². The van der Waals surface area contributed by atoms with Crippen molar-refractivity contribution in [2.45, 2.75) is 20.0 Å². The molecule has 0 unspecified atom stereocenters. The molecule has 0 bridgehead atoms. The molecule has 1 aliphatic rings. The minimum absolute atomic E-state index is 0.704. The predicted molar refractivity (Wildman–Crippen MR) is 119 cm³/mol. The van der Waals surface area contributed by atoms with Gasteiger partial charge in [-0.2, -0.15) is 0 Å². The first-order valence-corrected chi connectivity index (χ1v) is 10.6. The highest BCUT2D eigenvalue weighted by molar-refractivity contribution is 5.80. The molecule has 6 heteroatoms. The number of aryl methyl sites for hydroxylation is 1. The van der Waals surface area contributed by atoms with Gasteiger partial charge in [0.2, 0.25) is 5.88 Å². The molecule has 1 aliphatic heterocycles. The zero-order valence-corrected chi connectivity index (χ0v) is 17.9. The van der Waals surface area contributed by atoms with E-state index in [0.29, 0.717) is 5.88 Å². The second-order valence-electron chi connectivity index (χ2n) is 7.88. The number of hydrogen-bond donors (Lipinski definition) is 0. The number of hydrogen-bond acceptors (Lipinski definition) is 6. The van der Waals surface area contributed by atoms with Crippen molar-refractivity contribution in [3.63, 3.8) is 0 Å². The first-order valence-electron chi connectivity index (χ1n) is 10.6.